The fourth-order valence-corrected chi connectivity index (χ4v) is 5.86. The fourth-order valence-electron chi connectivity index (χ4n) is 3.22. The first-order valence-electron chi connectivity index (χ1n) is 8.67. The molecule has 0 spiro atoms. The Labute approximate surface area is 149 Å². The third-order valence-corrected chi connectivity index (χ3v) is 7.18. The van der Waals surface area contributed by atoms with Crippen molar-refractivity contribution >= 4 is 26.0 Å². The number of alkyl halides is 1. The molecule has 1 aliphatic rings. The maximum absolute atomic E-state index is 12.9. The summed E-state index contributed by atoms with van der Waals surface area (Å²) >= 11 is 3.62. The van der Waals surface area contributed by atoms with E-state index >= 15 is 0 Å². The zero-order valence-corrected chi connectivity index (χ0v) is 16.6. The predicted octanol–water partition coefficient (Wildman–Crippen LogP) is 4.88. The quantitative estimate of drug-likeness (QED) is 0.459. The Bertz CT molecular complexity index is 586. The average Bonchev–Trinajstić information content (AvgIpc) is 2.89. The van der Waals surface area contributed by atoms with Crippen LogP contribution in [0.2, 0.25) is 0 Å². The smallest absolute Gasteiger partial charge is 0.207 e. The van der Waals surface area contributed by atoms with Crippen molar-refractivity contribution < 1.29 is 8.42 Å². The summed E-state index contributed by atoms with van der Waals surface area (Å²) in [4.78, 5) is 0.684. The SMILES string of the molecule is CCCCCCCC1CC(Br)CN1S(=O)(=O)c1ccc(C)cc1. The van der Waals surface area contributed by atoms with Crippen LogP contribution in [0.5, 0.6) is 0 Å². The summed E-state index contributed by atoms with van der Waals surface area (Å²) in [5.41, 5.74) is 1.08. The molecule has 1 aromatic carbocycles. The van der Waals surface area contributed by atoms with E-state index in [0.717, 1.165) is 24.8 Å². The summed E-state index contributed by atoms with van der Waals surface area (Å²) in [6, 6.07) is 7.32. The van der Waals surface area contributed by atoms with Crippen molar-refractivity contribution in [1.82, 2.24) is 4.31 Å². The largest absolute Gasteiger partial charge is 0.243 e. The summed E-state index contributed by atoms with van der Waals surface area (Å²) in [7, 11) is -3.38. The monoisotopic (exact) mass is 401 g/mol. The van der Waals surface area contributed by atoms with E-state index in [2.05, 4.69) is 22.9 Å². The summed E-state index contributed by atoms with van der Waals surface area (Å²) < 4.78 is 27.6. The van der Waals surface area contributed by atoms with E-state index in [0.29, 0.717) is 11.4 Å². The Morgan fingerprint density at radius 3 is 2.43 bits per heavy atom. The molecule has 3 nitrogen and oxygen atoms in total. The van der Waals surface area contributed by atoms with Crippen LogP contribution in [0.15, 0.2) is 29.2 Å². The van der Waals surface area contributed by atoms with E-state index in [9.17, 15) is 8.42 Å². The van der Waals surface area contributed by atoms with Crippen molar-refractivity contribution in [3.63, 3.8) is 0 Å². The second kappa shape index (κ2) is 8.63. The molecule has 1 fully saturated rings. The van der Waals surface area contributed by atoms with Crippen molar-refractivity contribution in [3.8, 4) is 0 Å². The second-order valence-corrected chi connectivity index (χ2v) is 9.76. The first-order valence-corrected chi connectivity index (χ1v) is 11.0. The van der Waals surface area contributed by atoms with Gasteiger partial charge in [-0.05, 0) is 31.9 Å². The van der Waals surface area contributed by atoms with Crippen molar-refractivity contribution in [2.24, 2.45) is 0 Å². The molecule has 0 aliphatic carbocycles. The van der Waals surface area contributed by atoms with Crippen LogP contribution in [-0.2, 0) is 10.0 Å². The van der Waals surface area contributed by atoms with E-state index in [4.69, 9.17) is 0 Å². The van der Waals surface area contributed by atoms with E-state index in [1.165, 1.54) is 25.7 Å². The van der Waals surface area contributed by atoms with Gasteiger partial charge >= 0.3 is 0 Å². The van der Waals surface area contributed by atoms with Gasteiger partial charge < -0.3 is 0 Å². The van der Waals surface area contributed by atoms with Crippen LogP contribution in [0.25, 0.3) is 0 Å². The normalized spacial score (nSPS) is 22.6. The topological polar surface area (TPSA) is 37.4 Å². The van der Waals surface area contributed by atoms with Crippen molar-refractivity contribution in [2.75, 3.05) is 6.54 Å². The molecular weight excluding hydrogens is 374 g/mol. The minimum absolute atomic E-state index is 0.132. The number of sulfonamides is 1. The molecule has 0 bridgehead atoms. The Morgan fingerprint density at radius 2 is 1.78 bits per heavy atom. The lowest BCUT2D eigenvalue weighted by molar-refractivity contribution is 0.359. The number of benzene rings is 1. The lowest BCUT2D eigenvalue weighted by Gasteiger charge is -2.24. The van der Waals surface area contributed by atoms with Crippen LogP contribution in [-0.4, -0.2) is 30.1 Å². The molecule has 130 valence electrons. The zero-order valence-electron chi connectivity index (χ0n) is 14.2. The van der Waals surface area contributed by atoms with Crippen molar-refractivity contribution in [1.29, 1.82) is 0 Å². The molecule has 0 saturated carbocycles. The molecule has 2 atom stereocenters. The molecule has 23 heavy (non-hydrogen) atoms. The average molecular weight is 402 g/mol. The molecule has 1 aromatic rings. The highest BCUT2D eigenvalue weighted by Crippen LogP contribution is 2.32. The third-order valence-electron chi connectivity index (χ3n) is 4.58. The number of halogens is 1. The van der Waals surface area contributed by atoms with E-state index < -0.39 is 10.0 Å². The van der Waals surface area contributed by atoms with Crippen molar-refractivity contribution in [3.05, 3.63) is 29.8 Å². The van der Waals surface area contributed by atoms with Gasteiger partial charge in [0.2, 0.25) is 10.0 Å². The van der Waals surface area contributed by atoms with Crippen LogP contribution in [0.4, 0.5) is 0 Å². The maximum atomic E-state index is 12.9. The zero-order chi connectivity index (χ0) is 16.9. The van der Waals surface area contributed by atoms with Gasteiger partial charge in [-0.3, -0.25) is 0 Å². The Balaban J connectivity index is 2.04. The minimum atomic E-state index is -3.38. The molecular formula is C18H28BrNO2S. The molecule has 1 heterocycles. The van der Waals surface area contributed by atoms with E-state index in [-0.39, 0.29) is 10.9 Å². The van der Waals surface area contributed by atoms with Crippen LogP contribution in [0, 0.1) is 6.92 Å². The van der Waals surface area contributed by atoms with Gasteiger partial charge in [0.15, 0.2) is 0 Å². The summed E-state index contributed by atoms with van der Waals surface area (Å²) in [6.07, 6.45) is 7.97. The summed E-state index contributed by atoms with van der Waals surface area (Å²) in [5.74, 6) is 0. The molecule has 5 heteroatoms. The van der Waals surface area contributed by atoms with E-state index in [1.54, 1.807) is 16.4 Å². The van der Waals surface area contributed by atoms with E-state index in [1.807, 2.05) is 19.1 Å². The van der Waals surface area contributed by atoms with Crippen LogP contribution in [0.1, 0.15) is 57.4 Å². The van der Waals surface area contributed by atoms with Gasteiger partial charge in [0.05, 0.1) is 4.90 Å². The van der Waals surface area contributed by atoms with Crippen molar-refractivity contribution in [2.45, 2.75) is 74.6 Å². The highest BCUT2D eigenvalue weighted by Gasteiger charge is 2.38. The highest BCUT2D eigenvalue weighted by atomic mass is 79.9. The summed E-state index contributed by atoms with van der Waals surface area (Å²) in [5, 5.41) is 0. The molecule has 2 unspecified atom stereocenters. The number of nitrogens with zero attached hydrogens (tertiary/aromatic N) is 1. The molecule has 2 rings (SSSR count). The summed E-state index contributed by atoms with van der Waals surface area (Å²) in [6.45, 7) is 4.76. The van der Waals surface area contributed by atoms with Gasteiger partial charge in [0.1, 0.15) is 0 Å². The molecule has 0 aromatic heterocycles. The van der Waals surface area contributed by atoms with Gasteiger partial charge in [-0.15, -0.1) is 0 Å². The lowest BCUT2D eigenvalue weighted by atomic mass is 10.1. The Hall–Kier alpha value is -0.390. The minimum Gasteiger partial charge on any atom is -0.207 e. The third kappa shape index (κ3) is 5.04. The van der Waals surface area contributed by atoms with Crippen LogP contribution < -0.4 is 0 Å². The number of rotatable bonds is 8. The van der Waals surface area contributed by atoms with Gasteiger partial charge in [-0.2, -0.15) is 4.31 Å². The van der Waals surface area contributed by atoms with Crippen LogP contribution >= 0.6 is 15.9 Å². The van der Waals surface area contributed by atoms with Gasteiger partial charge in [-0.1, -0.05) is 72.7 Å². The standard InChI is InChI=1S/C18H28BrNO2S/c1-3-4-5-6-7-8-17-13-16(19)14-20(17)23(21,22)18-11-9-15(2)10-12-18/h9-12,16-17H,3-8,13-14H2,1-2H3. The maximum Gasteiger partial charge on any atom is 0.243 e. The fraction of sp³-hybridized carbons (Fsp3) is 0.667. The molecule has 0 amide bonds. The number of aryl methyl sites for hydroxylation is 1. The highest BCUT2D eigenvalue weighted by molar-refractivity contribution is 9.09. The number of hydrogen-bond donors (Lipinski definition) is 0. The van der Waals surface area contributed by atoms with Gasteiger partial charge in [0, 0.05) is 17.4 Å². The van der Waals surface area contributed by atoms with Crippen LogP contribution in [0.3, 0.4) is 0 Å². The predicted molar refractivity (Wildman–Crippen MR) is 99.6 cm³/mol. The first kappa shape index (κ1) is 18.9. The number of hydrogen-bond acceptors (Lipinski definition) is 2. The first-order chi connectivity index (χ1) is 10.9. The van der Waals surface area contributed by atoms with Gasteiger partial charge in [0.25, 0.3) is 0 Å². The lowest BCUT2D eigenvalue weighted by Crippen LogP contribution is -2.35. The molecule has 0 N–H and O–H groups in total. The second-order valence-electron chi connectivity index (χ2n) is 6.58. The molecule has 0 radical (unpaired) electrons. The Morgan fingerprint density at radius 1 is 1.13 bits per heavy atom. The molecule has 1 aliphatic heterocycles. The van der Waals surface area contributed by atoms with Gasteiger partial charge in [-0.25, -0.2) is 8.42 Å². The Kier molecular flexibility index (Phi) is 7.11. The molecule has 1 saturated heterocycles. The number of unbranched alkanes of at least 4 members (excludes halogenated alkanes) is 4.